The first-order chi connectivity index (χ1) is 11.4. The molecular weight excluding hydrogens is 325 g/mol. The second kappa shape index (κ2) is 6.32. The SMILES string of the molecule is Cn1c(Sc2ccnc(C(C)(C)C)n2)nnc1-c1ccccc1F. The molecule has 3 aromatic rings. The quantitative estimate of drug-likeness (QED) is 0.676. The van der Waals surface area contributed by atoms with E-state index >= 15 is 0 Å². The van der Waals surface area contributed by atoms with Gasteiger partial charge in [-0.05, 0) is 30.0 Å². The maximum atomic E-state index is 14.0. The maximum Gasteiger partial charge on any atom is 0.197 e. The van der Waals surface area contributed by atoms with E-state index in [1.807, 2.05) is 13.1 Å². The van der Waals surface area contributed by atoms with Gasteiger partial charge in [-0.2, -0.15) is 0 Å². The number of hydrogen-bond acceptors (Lipinski definition) is 5. The Labute approximate surface area is 144 Å². The van der Waals surface area contributed by atoms with Gasteiger partial charge >= 0.3 is 0 Å². The van der Waals surface area contributed by atoms with Crippen LogP contribution >= 0.6 is 11.8 Å². The Morgan fingerprint density at radius 2 is 1.83 bits per heavy atom. The maximum absolute atomic E-state index is 14.0. The Morgan fingerprint density at radius 1 is 1.08 bits per heavy atom. The smallest absolute Gasteiger partial charge is 0.197 e. The number of benzene rings is 1. The summed E-state index contributed by atoms with van der Waals surface area (Å²) in [5.41, 5.74) is 0.298. The van der Waals surface area contributed by atoms with Gasteiger partial charge in [-0.25, -0.2) is 14.4 Å². The molecule has 0 unspecified atom stereocenters. The predicted molar refractivity (Wildman–Crippen MR) is 91.3 cm³/mol. The van der Waals surface area contributed by atoms with E-state index in [0.29, 0.717) is 16.5 Å². The van der Waals surface area contributed by atoms with E-state index in [4.69, 9.17) is 0 Å². The molecule has 0 amide bonds. The van der Waals surface area contributed by atoms with Crippen molar-refractivity contribution in [3.63, 3.8) is 0 Å². The first-order valence-electron chi connectivity index (χ1n) is 7.52. The Kier molecular flexibility index (Phi) is 4.36. The third kappa shape index (κ3) is 3.31. The molecule has 0 fully saturated rings. The van der Waals surface area contributed by atoms with Crippen LogP contribution in [0.5, 0.6) is 0 Å². The van der Waals surface area contributed by atoms with Crippen LogP contribution in [-0.2, 0) is 12.5 Å². The summed E-state index contributed by atoms with van der Waals surface area (Å²) in [6.07, 6.45) is 1.74. The average Bonchev–Trinajstić information content (AvgIpc) is 2.88. The molecule has 0 radical (unpaired) electrons. The molecule has 0 spiro atoms. The molecule has 5 nitrogen and oxygen atoms in total. The summed E-state index contributed by atoms with van der Waals surface area (Å²) in [5, 5.41) is 9.72. The summed E-state index contributed by atoms with van der Waals surface area (Å²) in [5.74, 6) is 0.936. The van der Waals surface area contributed by atoms with Crippen LogP contribution < -0.4 is 0 Å². The van der Waals surface area contributed by atoms with Gasteiger partial charge in [0.05, 0.1) is 5.56 Å². The third-order valence-corrected chi connectivity index (χ3v) is 4.42. The molecule has 1 aromatic carbocycles. The first-order valence-corrected chi connectivity index (χ1v) is 8.33. The van der Waals surface area contributed by atoms with Crippen LogP contribution in [0.25, 0.3) is 11.4 Å². The second-order valence-corrected chi connectivity index (χ2v) is 7.40. The van der Waals surface area contributed by atoms with E-state index in [1.165, 1.54) is 17.8 Å². The topological polar surface area (TPSA) is 56.5 Å². The molecule has 0 atom stereocenters. The number of hydrogen-bond donors (Lipinski definition) is 0. The molecule has 2 heterocycles. The normalized spacial score (nSPS) is 11.7. The number of aromatic nitrogens is 5. The fourth-order valence-electron chi connectivity index (χ4n) is 2.13. The summed E-state index contributed by atoms with van der Waals surface area (Å²) in [7, 11) is 1.82. The van der Waals surface area contributed by atoms with Crippen LogP contribution in [0.2, 0.25) is 0 Å². The molecule has 0 aliphatic carbocycles. The van der Waals surface area contributed by atoms with Crippen molar-refractivity contribution in [3.05, 3.63) is 48.2 Å². The standard InChI is InChI=1S/C17H18FN5S/c1-17(2,3)15-19-10-9-13(20-15)24-16-22-21-14(23(16)4)11-7-5-6-8-12(11)18/h5-10H,1-4H3. The Hall–Kier alpha value is -2.28. The molecule has 0 aliphatic heterocycles. The van der Waals surface area contributed by atoms with Gasteiger partial charge in [-0.15, -0.1) is 10.2 Å². The Bertz CT molecular complexity index is 869. The molecule has 124 valence electrons. The zero-order valence-corrected chi connectivity index (χ0v) is 14.8. The van der Waals surface area contributed by atoms with E-state index in [0.717, 1.165) is 10.9 Å². The lowest BCUT2D eigenvalue weighted by molar-refractivity contribution is 0.538. The molecule has 0 aliphatic rings. The molecule has 2 aromatic heterocycles. The van der Waals surface area contributed by atoms with Crippen LogP contribution in [0.4, 0.5) is 4.39 Å². The van der Waals surface area contributed by atoms with Gasteiger partial charge < -0.3 is 4.57 Å². The molecule has 0 bridgehead atoms. The fraction of sp³-hybridized carbons (Fsp3) is 0.294. The number of halogens is 1. The highest BCUT2D eigenvalue weighted by Crippen LogP contribution is 2.29. The van der Waals surface area contributed by atoms with Crippen molar-refractivity contribution in [2.24, 2.45) is 7.05 Å². The highest BCUT2D eigenvalue weighted by atomic mass is 32.2. The minimum Gasteiger partial charge on any atom is -0.305 e. The van der Waals surface area contributed by atoms with E-state index in [2.05, 4.69) is 40.9 Å². The number of nitrogens with zero attached hydrogens (tertiary/aromatic N) is 5. The largest absolute Gasteiger partial charge is 0.305 e. The lowest BCUT2D eigenvalue weighted by Gasteiger charge is -2.16. The van der Waals surface area contributed by atoms with E-state index < -0.39 is 0 Å². The van der Waals surface area contributed by atoms with Crippen molar-refractivity contribution in [2.75, 3.05) is 0 Å². The van der Waals surface area contributed by atoms with Crippen LogP contribution in [0.1, 0.15) is 26.6 Å². The van der Waals surface area contributed by atoms with Gasteiger partial charge in [-0.1, -0.05) is 32.9 Å². The van der Waals surface area contributed by atoms with Crippen molar-refractivity contribution >= 4 is 11.8 Å². The molecule has 0 saturated heterocycles. The lowest BCUT2D eigenvalue weighted by Crippen LogP contribution is -2.15. The van der Waals surface area contributed by atoms with Crippen LogP contribution in [0.15, 0.2) is 46.7 Å². The number of rotatable bonds is 3. The zero-order valence-electron chi connectivity index (χ0n) is 14.0. The lowest BCUT2D eigenvalue weighted by atomic mass is 9.96. The van der Waals surface area contributed by atoms with Crippen molar-refractivity contribution in [1.29, 1.82) is 0 Å². The molecule has 24 heavy (non-hydrogen) atoms. The molecule has 0 N–H and O–H groups in total. The highest BCUT2D eigenvalue weighted by molar-refractivity contribution is 7.99. The predicted octanol–water partition coefficient (Wildman–Crippen LogP) is 3.86. The summed E-state index contributed by atoms with van der Waals surface area (Å²) in [4.78, 5) is 8.90. The summed E-state index contributed by atoms with van der Waals surface area (Å²) >= 11 is 1.38. The van der Waals surface area contributed by atoms with Gasteiger partial charge in [-0.3, -0.25) is 0 Å². The molecule has 3 rings (SSSR count). The minimum absolute atomic E-state index is 0.130. The van der Waals surface area contributed by atoms with Crippen LogP contribution in [-0.4, -0.2) is 24.7 Å². The van der Waals surface area contributed by atoms with Crippen molar-refractivity contribution in [2.45, 2.75) is 36.4 Å². The van der Waals surface area contributed by atoms with E-state index in [1.54, 1.807) is 29.0 Å². The first kappa shape index (κ1) is 16.6. The summed E-state index contributed by atoms with van der Waals surface area (Å²) < 4.78 is 15.7. The van der Waals surface area contributed by atoms with Crippen LogP contribution in [0, 0.1) is 5.82 Å². The van der Waals surface area contributed by atoms with Gasteiger partial charge in [0.1, 0.15) is 16.7 Å². The van der Waals surface area contributed by atoms with Crippen molar-refractivity contribution < 1.29 is 4.39 Å². The second-order valence-electron chi connectivity index (χ2n) is 6.42. The highest BCUT2D eigenvalue weighted by Gasteiger charge is 2.19. The van der Waals surface area contributed by atoms with Crippen molar-refractivity contribution in [3.8, 4) is 11.4 Å². The monoisotopic (exact) mass is 343 g/mol. The van der Waals surface area contributed by atoms with E-state index in [-0.39, 0.29) is 11.2 Å². The Balaban J connectivity index is 1.92. The third-order valence-electron chi connectivity index (χ3n) is 3.45. The average molecular weight is 343 g/mol. The zero-order chi connectivity index (χ0) is 17.3. The van der Waals surface area contributed by atoms with Crippen molar-refractivity contribution in [1.82, 2.24) is 24.7 Å². The minimum atomic E-state index is -0.318. The molecule has 7 heteroatoms. The van der Waals surface area contributed by atoms with Gasteiger partial charge in [0.2, 0.25) is 0 Å². The van der Waals surface area contributed by atoms with Crippen LogP contribution in [0.3, 0.4) is 0 Å². The molecular formula is C17H18FN5S. The molecule has 0 saturated carbocycles. The summed E-state index contributed by atoms with van der Waals surface area (Å²) in [6.45, 7) is 6.19. The fourth-order valence-corrected chi connectivity index (χ4v) is 2.89. The van der Waals surface area contributed by atoms with E-state index in [9.17, 15) is 4.39 Å². The van der Waals surface area contributed by atoms with Gasteiger partial charge in [0.25, 0.3) is 0 Å². The Morgan fingerprint density at radius 3 is 2.54 bits per heavy atom. The summed E-state index contributed by atoms with van der Waals surface area (Å²) in [6, 6.07) is 8.37. The van der Waals surface area contributed by atoms with Gasteiger partial charge in [0.15, 0.2) is 11.0 Å². The van der Waals surface area contributed by atoms with Gasteiger partial charge in [0, 0.05) is 18.7 Å².